The van der Waals surface area contributed by atoms with Crippen molar-refractivity contribution in [1.82, 2.24) is 46.1 Å². The Morgan fingerprint density at radius 3 is 2.45 bits per heavy atom. The minimum atomic E-state index is -1.47. The van der Waals surface area contributed by atoms with E-state index in [4.69, 9.17) is 20.9 Å². The van der Waals surface area contributed by atoms with Crippen molar-refractivity contribution in [1.29, 1.82) is 0 Å². The van der Waals surface area contributed by atoms with Gasteiger partial charge in [0.25, 0.3) is 11.5 Å². The molecule has 0 unspecified atom stereocenters. The maximum Gasteiger partial charge on any atom is 0.327 e. The van der Waals surface area contributed by atoms with Gasteiger partial charge in [-0.1, -0.05) is 21.6 Å². The number of carboxylic acids is 2. The molecule has 1 aliphatic carbocycles. The van der Waals surface area contributed by atoms with Crippen LogP contribution >= 0.6 is 21.6 Å². The van der Waals surface area contributed by atoms with Crippen molar-refractivity contribution < 1.29 is 53.2 Å². The van der Waals surface area contributed by atoms with Crippen LogP contribution in [0.4, 0.5) is 11.6 Å². The summed E-state index contributed by atoms with van der Waals surface area (Å²) in [6.45, 7) is 1.80. The van der Waals surface area contributed by atoms with E-state index in [2.05, 4.69) is 46.5 Å². The number of amides is 3. The smallest absolute Gasteiger partial charge is 0.327 e. The highest BCUT2D eigenvalue weighted by Gasteiger charge is 2.73. The van der Waals surface area contributed by atoms with Gasteiger partial charge in [-0.25, -0.2) is 19.6 Å². The monoisotopic (exact) mass is 936 g/mol. The molecule has 344 valence electrons. The molecule has 24 nitrogen and oxygen atoms in total. The number of carbonyl (C=O) groups excluding carboxylic acids is 5. The normalized spacial score (nSPS) is 21.6. The highest BCUT2D eigenvalue weighted by Crippen LogP contribution is 2.53. The number of aromatic nitrogens is 4. The number of methoxy groups -OCH3 is 1. The van der Waals surface area contributed by atoms with Gasteiger partial charge in [0.1, 0.15) is 24.8 Å². The molecule has 7 rings (SSSR count). The van der Waals surface area contributed by atoms with Gasteiger partial charge in [-0.3, -0.25) is 33.8 Å². The van der Waals surface area contributed by atoms with Gasteiger partial charge in [-0.2, -0.15) is 4.98 Å². The van der Waals surface area contributed by atoms with Crippen molar-refractivity contribution in [3.8, 4) is 0 Å². The number of hydrogen-bond donors (Lipinski definition) is 10. The number of primary amides is 1. The van der Waals surface area contributed by atoms with Gasteiger partial charge in [0.15, 0.2) is 16.9 Å². The number of carboxylic acid groups (broad SMARTS) is 2. The molecule has 2 aromatic heterocycles. The summed E-state index contributed by atoms with van der Waals surface area (Å²) in [5.41, 5.74) is 10.9. The van der Waals surface area contributed by atoms with E-state index in [0.717, 1.165) is 10.8 Å². The van der Waals surface area contributed by atoms with Crippen LogP contribution in [0, 0.1) is 0 Å². The molecule has 2 saturated heterocycles. The van der Waals surface area contributed by atoms with Crippen LogP contribution in [0.2, 0.25) is 0 Å². The number of aliphatic carboxylic acids is 2. The molecule has 4 aliphatic rings. The Kier molecular flexibility index (Phi) is 13.7. The summed E-state index contributed by atoms with van der Waals surface area (Å²) in [5, 5.41) is 33.7. The molecule has 3 amide bonds. The summed E-state index contributed by atoms with van der Waals surface area (Å²) in [7, 11) is 3.83. The molecular weight excluding hydrogens is 893 g/mol. The number of piperazine rings is 1. The number of carbonyl (C=O) groups is 7. The van der Waals surface area contributed by atoms with Crippen LogP contribution in [-0.2, 0) is 44.8 Å². The molecule has 0 bridgehead atoms. The van der Waals surface area contributed by atoms with Crippen LogP contribution in [0.3, 0.4) is 0 Å². The molecule has 5 heterocycles. The molecule has 6 atom stereocenters. The third-order valence-electron chi connectivity index (χ3n) is 11.0. The lowest BCUT2D eigenvalue weighted by Crippen LogP contribution is -2.57. The van der Waals surface area contributed by atoms with Gasteiger partial charge in [0.05, 0.1) is 41.4 Å². The van der Waals surface area contributed by atoms with Gasteiger partial charge in [-0.15, -0.1) is 0 Å². The quantitative estimate of drug-likeness (QED) is 0.0225. The number of allylic oxidation sites excluding steroid dienone is 2. The Bertz CT molecular complexity index is 2590. The molecule has 0 spiro atoms. The number of aromatic amines is 1. The first-order valence-electron chi connectivity index (χ1n) is 20.0. The molecule has 3 aromatic rings. The molecule has 26 heteroatoms. The van der Waals surface area contributed by atoms with Crippen LogP contribution in [0.15, 0.2) is 57.8 Å². The number of nitrogens with zero attached hydrogens (tertiary/aromatic N) is 4. The Balaban J connectivity index is 0.841. The van der Waals surface area contributed by atoms with Crippen LogP contribution < -0.4 is 43.6 Å². The third-order valence-corrected chi connectivity index (χ3v) is 13.4. The molecule has 1 aromatic carbocycles. The minimum Gasteiger partial charge on any atom is -0.480 e. The first kappa shape index (κ1) is 46.4. The van der Waals surface area contributed by atoms with E-state index in [-0.39, 0.29) is 88.3 Å². The minimum absolute atomic E-state index is 0.0159. The topological polar surface area (TPSA) is 375 Å². The van der Waals surface area contributed by atoms with Crippen LogP contribution in [0.5, 0.6) is 0 Å². The lowest BCUT2D eigenvalue weighted by Gasteiger charge is -2.39. The Morgan fingerprint density at radius 1 is 1.02 bits per heavy atom. The summed E-state index contributed by atoms with van der Waals surface area (Å²) in [6.07, 6.45) is -0.387. The SMILES string of the molecule is CO[C@@]12[C@H](OCC(N)=O)C3=C(C(=O)C(C)=C(NCCSSC[C@@H](NC(=O)CC[C@@H](NC(=O)c4ccc(NCc5cnc6nc(N)[nH]c(=O)c6n5)cc4)C(=O)O)C(=O)O)C3=O)N1C[C@@H]1N[C@@H]12. The molecule has 12 N–H and O–H groups in total. The highest BCUT2D eigenvalue weighted by atomic mass is 33.1. The second-order valence-electron chi connectivity index (χ2n) is 15.2. The van der Waals surface area contributed by atoms with Crippen molar-refractivity contribution in [2.45, 2.75) is 62.3 Å². The highest BCUT2D eigenvalue weighted by molar-refractivity contribution is 8.76. The number of benzene rings is 1. The van der Waals surface area contributed by atoms with E-state index in [1.165, 1.54) is 43.2 Å². The van der Waals surface area contributed by atoms with E-state index in [0.29, 0.717) is 23.7 Å². The van der Waals surface area contributed by atoms with Crippen molar-refractivity contribution in [2.24, 2.45) is 5.73 Å². The lowest BCUT2D eigenvalue weighted by molar-refractivity contribution is -0.169. The lowest BCUT2D eigenvalue weighted by atomic mass is 9.88. The van der Waals surface area contributed by atoms with E-state index < -0.39 is 77.9 Å². The maximum absolute atomic E-state index is 14.0. The molecule has 3 aliphatic heterocycles. The molecule has 2 fully saturated rings. The number of nitrogens with one attached hydrogen (secondary N) is 6. The largest absolute Gasteiger partial charge is 0.480 e. The van der Waals surface area contributed by atoms with E-state index in [1.807, 2.05) is 0 Å². The fraction of sp³-hybridized carbons (Fsp3) is 0.410. The van der Waals surface area contributed by atoms with Gasteiger partial charge >= 0.3 is 11.9 Å². The zero-order valence-corrected chi connectivity index (χ0v) is 36.3. The number of fused-ring (bicyclic) bond motifs is 5. The fourth-order valence-corrected chi connectivity index (χ4v) is 9.95. The predicted octanol–water partition coefficient (Wildman–Crippen LogP) is -2.03. The number of H-pyrrole nitrogens is 1. The van der Waals surface area contributed by atoms with Crippen LogP contribution in [0.25, 0.3) is 11.2 Å². The molecule has 65 heavy (non-hydrogen) atoms. The average Bonchev–Trinajstić information content (AvgIpc) is 3.88. The first-order valence-corrected chi connectivity index (χ1v) is 22.4. The summed E-state index contributed by atoms with van der Waals surface area (Å²) < 4.78 is 11.8. The van der Waals surface area contributed by atoms with Crippen molar-refractivity contribution in [3.05, 3.63) is 74.6 Å². The molecule has 0 saturated carbocycles. The second kappa shape index (κ2) is 19.2. The Morgan fingerprint density at radius 2 is 1.75 bits per heavy atom. The first-order chi connectivity index (χ1) is 31.0. The average molecular weight is 937 g/mol. The summed E-state index contributed by atoms with van der Waals surface area (Å²) in [6, 6.07) is 3.03. The zero-order valence-electron chi connectivity index (χ0n) is 34.7. The van der Waals surface area contributed by atoms with Gasteiger partial charge < -0.3 is 62.6 Å². The maximum atomic E-state index is 14.0. The standard InChI is InChI=1S/C39H44N12O12S2/c1-16-26(30(55)25-28(29(16)54)51-13-21-31(47-21)39(51,62-2)32(25)63-14-23(40)52)42-9-10-64-65-15-22(37(60)61)46-24(53)8-7-20(36(58)59)48-34(56)17-3-5-18(6-4-17)43-11-19-12-44-33-27(45-19)35(57)50-38(41)49-33/h3-6,12,20-22,31-32,42-43,47H,7-11,13-15H2,1-2H3,(H2,40,52)(H,46,53)(H,48,56)(H,58,59)(H,60,61)(H3,41,44,49,50,57)/t20-,21+,22-,31+,32-,39+/m1/s1. The second-order valence-corrected chi connectivity index (χ2v) is 17.8. The number of nitrogen functional groups attached to an aromatic ring is 1. The van der Waals surface area contributed by atoms with Gasteiger partial charge in [0, 0.05) is 61.0 Å². The predicted molar refractivity (Wildman–Crippen MR) is 233 cm³/mol. The van der Waals surface area contributed by atoms with Gasteiger partial charge in [-0.05, 0) is 37.6 Å². The number of hydrogen-bond acceptors (Lipinski definition) is 20. The van der Waals surface area contributed by atoms with Crippen molar-refractivity contribution in [2.75, 3.05) is 49.4 Å². The number of anilines is 2. The fourth-order valence-electron chi connectivity index (χ4n) is 7.88. The molecule has 0 radical (unpaired) electrons. The number of ketones is 2. The number of nitrogens with two attached hydrogens (primary N) is 2. The molecular formula is C39H44N12O12S2. The van der Waals surface area contributed by atoms with Crippen molar-refractivity contribution in [3.63, 3.8) is 0 Å². The number of Topliss-reactive ketones (excluding diaryl/α,β-unsaturated/α-hetero) is 2. The number of rotatable bonds is 22. The van der Waals surface area contributed by atoms with Crippen LogP contribution in [0.1, 0.15) is 35.8 Å². The van der Waals surface area contributed by atoms with Gasteiger partial charge in [0.2, 0.25) is 29.3 Å². The summed E-state index contributed by atoms with van der Waals surface area (Å²) in [5.74, 6) is -5.62. The summed E-state index contributed by atoms with van der Waals surface area (Å²) >= 11 is 0. The summed E-state index contributed by atoms with van der Waals surface area (Å²) in [4.78, 5) is 118. The van der Waals surface area contributed by atoms with E-state index in [9.17, 15) is 48.6 Å². The van der Waals surface area contributed by atoms with E-state index in [1.54, 1.807) is 17.0 Å². The Labute approximate surface area is 375 Å². The number of ether oxygens (including phenoxy) is 2. The zero-order chi connectivity index (χ0) is 46.7. The third kappa shape index (κ3) is 9.61. The van der Waals surface area contributed by atoms with Crippen molar-refractivity contribution >= 4 is 85.6 Å². The van der Waals surface area contributed by atoms with Crippen LogP contribution in [-0.4, -0.2) is 151 Å². The Hall–Kier alpha value is -6.61. The van der Waals surface area contributed by atoms with E-state index >= 15 is 0 Å².